The van der Waals surface area contributed by atoms with Crippen molar-refractivity contribution in [2.24, 2.45) is 0 Å². The number of nitrogens with zero attached hydrogens (tertiary/aromatic N) is 1. The highest BCUT2D eigenvalue weighted by atomic mass is 32.2. The second-order valence-corrected chi connectivity index (χ2v) is 4.78. The average molecular weight is 279 g/mol. The van der Waals surface area contributed by atoms with E-state index in [2.05, 4.69) is 0 Å². The number of nitro groups is 1. The van der Waals surface area contributed by atoms with Crippen molar-refractivity contribution in [3.8, 4) is 0 Å². The average Bonchev–Trinajstić information content (AvgIpc) is 2.80. The molecule has 0 radical (unpaired) electrons. The highest BCUT2D eigenvalue weighted by Gasteiger charge is 2.13. The molecule has 98 valence electrons. The Labute approximate surface area is 112 Å². The van der Waals surface area contributed by atoms with Gasteiger partial charge in [0, 0.05) is 17.0 Å². The molecule has 1 N–H and O–H groups in total. The standard InChI is InChI=1S/C12H9NO5S/c1-7-6-8(13(16)17)2-4-10(7)19-11-5-3-9(18-11)12(14)15/h2-6H,1H3,(H,14,15). The van der Waals surface area contributed by atoms with Crippen LogP contribution in [0.3, 0.4) is 0 Å². The summed E-state index contributed by atoms with van der Waals surface area (Å²) in [7, 11) is 0. The van der Waals surface area contributed by atoms with Crippen molar-refractivity contribution < 1.29 is 19.2 Å². The van der Waals surface area contributed by atoms with Crippen molar-refractivity contribution in [1.82, 2.24) is 0 Å². The smallest absolute Gasteiger partial charge is 0.371 e. The summed E-state index contributed by atoms with van der Waals surface area (Å²) in [5.41, 5.74) is 0.750. The first-order valence-corrected chi connectivity index (χ1v) is 6.05. The Balaban J connectivity index is 2.23. The Morgan fingerprint density at radius 2 is 2.11 bits per heavy atom. The van der Waals surface area contributed by atoms with Crippen molar-refractivity contribution in [3.05, 3.63) is 51.8 Å². The number of hydrogen-bond acceptors (Lipinski definition) is 5. The summed E-state index contributed by atoms with van der Waals surface area (Å²) in [5, 5.41) is 19.8. The van der Waals surface area contributed by atoms with E-state index in [0.717, 1.165) is 10.5 Å². The van der Waals surface area contributed by atoms with Crippen molar-refractivity contribution in [3.63, 3.8) is 0 Å². The molecule has 19 heavy (non-hydrogen) atoms. The third-order valence-corrected chi connectivity index (χ3v) is 3.47. The van der Waals surface area contributed by atoms with Crippen LogP contribution in [0, 0.1) is 17.0 Å². The summed E-state index contributed by atoms with van der Waals surface area (Å²) in [4.78, 5) is 21.6. The van der Waals surface area contributed by atoms with Crippen LogP contribution in [0.25, 0.3) is 0 Å². The minimum Gasteiger partial charge on any atom is -0.475 e. The summed E-state index contributed by atoms with van der Waals surface area (Å²) in [6.07, 6.45) is 0. The zero-order valence-corrected chi connectivity index (χ0v) is 10.6. The van der Waals surface area contributed by atoms with E-state index in [1.54, 1.807) is 19.1 Å². The molecular weight excluding hydrogens is 270 g/mol. The van der Waals surface area contributed by atoms with Crippen molar-refractivity contribution in [2.75, 3.05) is 0 Å². The van der Waals surface area contributed by atoms with Crippen molar-refractivity contribution >= 4 is 23.4 Å². The molecule has 0 spiro atoms. The predicted molar refractivity (Wildman–Crippen MR) is 67.6 cm³/mol. The van der Waals surface area contributed by atoms with E-state index in [1.807, 2.05) is 0 Å². The molecular formula is C12H9NO5S. The Hall–Kier alpha value is -2.28. The number of rotatable bonds is 4. The fourth-order valence-corrected chi connectivity index (χ4v) is 2.30. The lowest BCUT2D eigenvalue weighted by Crippen LogP contribution is -1.91. The number of carbonyl (C=O) groups is 1. The van der Waals surface area contributed by atoms with E-state index in [9.17, 15) is 14.9 Å². The minimum absolute atomic E-state index is 0.0209. The van der Waals surface area contributed by atoms with Gasteiger partial charge < -0.3 is 9.52 Å². The lowest BCUT2D eigenvalue weighted by atomic mass is 10.2. The zero-order chi connectivity index (χ0) is 14.0. The summed E-state index contributed by atoms with van der Waals surface area (Å²) in [6, 6.07) is 7.39. The van der Waals surface area contributed by atoms with Crippen LogP contribution in [0.2, 0.25) is 0 Å². The fourth-order valence-electron chi connectivity index (χ4n) is 1.46. The van der Waals surface area contributed by atoms with Gasteiger partial charge in [-0.15, -0.1) is 0 Å². The zero-order valence-electron chi connectivity index (χ0n) is 9.82. The number of aryl methyl sites for hydroxylation is 1. The van der Waals surface area contributed by atoms with Gasteiger partial charge in [0.15, 0.2) is 5.09 Å². The molecule has 0 fully saturated rings. The van der Waals surface area contributed by atoms with Crippen LogP contribution in [0.4, 0.5) is 5.69 Å². The molecule has 0 saturated heterocycles. The summed E-state index contributed by atoms with van der Waals surface area (Å²) in [5.74, 6) is -1.27. The second-order valence-electron chi connectivity index (χ2n) is 3.73. The lowest BCUT2D eigenvalue weighted by Gasteiger charge is -2.02. The van der Waals surface area contributed by atoms with Gasteiger partial charge in [-0.3, -0.25) is 10.1 Å². The highest BCUT2D eigenvalue weighted by molar-refractivity contribution is 7.99. The Morgan fingerprint density at radius 3 is 2.63 bits per heavy atom. The SMILES string of the molecule is Cc1cc([N+](=O)[O-])ccc1Sc1ccc(C(=O)O)o1. The summed E-state index contributed by atoms with van der Waals surface area (Å²) < 4.78 is 5.11. The maximum Gasteiger partial charge on any atom is 0.371 e. The van der Waals surface area contributed by atoms with Crippen LogP contribution >= 0.6 is 11.8 Å². The number of non-ortho nitro benzene ring substituents is 1. The molecule has 0 aliphatic rings. The lowest BCUT2D eigenvalue weighted by molar-refractivity contribution is -0.385. The number of nitro benzene ring substituents is 1. The number of benzene rings is 1. The molecule has 0 saturated carbocycles. The van der Waals surface area contributed by atoms with Gasteiger partial charge in [-0.1, -0.05) is 11.8 Å². The van der Waals surface area contributed by atoms with E-state index < -0.39 is 10.9 Å². The topological polar surface area (TPSA) is 93.6 Å². The predicted octanol–water partition coefficient (Wildman–Crippen LogP) is 3.35. The number of furan rings is 1. The molecule has 6 nitrogen and oxygen atoms in total. The Kier molecular flexibility index (Phi) is 3.57. The third kappa shape index (κ3) is 2.94. The molecule has 1 aromatic carbocycles. The normalized spacial score (nSPS) is 10.4. The molecule has 0 unspecified atom stereocenters. The summed E-state index contributed by atoms with van der Waals surface area (Å²) in [6.45, 7) is 1.75. The van der Waals surface area contributed by atoms with Gasteiger partial charge in [0.05, 0.1) is 4.92 Å². The molecule has 0 amide bonds. The van der Waals surface area contributed by atoms with Crippen LogP contribution < -0.4 is 0 Å². The minimum atomic E-state index is -1.13. The summed E-state index contributed by atoms with van der Waals surface area (Å²) >= 11 is 1.22. The molecule has 7 heteroatoms. The van der Waals surface area contributed by atoms with E-state index >= 15 is 0 Å². The van der Waals surface area contributed by atoms with E-state index in [1.165, 1.54) is 30.0 Å². The number of aromatic carboxylic acids is 1. The monoisotopic (exact) mass is 279 g/mol. The van der Waals surface area contributed by atoms with Gasteiger partial charge in [-0.2, -0.15) is 0 Å². The molecule has 1 aromatic heterocycles. The van der Waals surface area contributed by atoms with Gasteiger partial charge >= 0.3 is 5.97 Å². The van der Waals surface area contributed by atoms with Crippen LogP contribution in [0.1, 0.15) is 16.1 Å². The first kappa shape index (κ1) is 13.2. The Bertz CT molecular complexity index is 649. The van der Waals surface area contributed by atoms with Gasteiger partial charge in [-0.05, 0) is 30.7 Å². The molecule has 1 heterocycles. The molecule has 2 aromatic rings. The van der Waals surface area contributed by atoms with Crippen LogP contribution in [-0.4, -0.2) is 16.0 Å². The van der Waals surface area contributed by atoms with Gasteiger partial charge in [-0.25, -0.2) is 4.79 Å². The quantitative estimate of drug-likeness (QED) is 0.681. The van der Waals surface area contributed by atoms with Crippen LogP contribution in [0.5, 0.6) is 0 Å². The molecule has 0 aliphatic heterocycles. The second kappa shape index (κ2) is 5.15. The van der Waals surface area contributed by atoms with E-state index in [-0.39, 0.29) is 11.4 Å². The fraction of sp³-hybridized carbons (Fsp3) is 0.0833. The molecule has 0 atom stereocenters. The first-order chi connectivity index (χ1) is 8.97. The number of carboxylic acids is 1. The van der Waals surface area contributed by atoms with E-state index in [0.29, 0.717) is 5.09 Å². The molecule has 2 rings (SSSR count). The van der Waals surface area contributed by atoms with E-state index in [4.69, 9.17) is 9.52 Å². The van der Waals surface area contributed by atoms with Gasteiger partial charge in [0.1, 0.15) is 0 Å². The maximum atomic E-state index is 10.7. The maximum absolute atomic E-state index is 10.7. The molecule has 0 aliphatic carbocycles. The van der Waals surface area contributed by atoms with Gasteiger partial charge in [0.2, 0.25) is 5.76 Å². The Morgan fingerprint density at radius 1 is 1.37 bits per heavy atom. The van der Waals surface area contributed by atoms with Crippen LogP contribution in [0.15, 0.2) is 44.7 Å². The molecule has 0 bridgehead atoms. The number of hydrogen-bond donors (Lipinski definition) is 1. The van der Waals surface area contributed by atoms with Crippen molar-refractivity contribution in [2.45, 2.75) is 16.9 Å². The first-order valence-electron chi connectivity index (χ1n) is 5.23. The van der Waals surface area contributed by atoms with Gasteiger partial charge in [0.25, 0.3) is 5.69 Å². The largest absolute Gasteiger partial charge is 0.475 e. The highest BCUT2D eigenvalue weighted by Crippen LogP contribution is 2.33. The van der Waals surface area contributed by atoms with Crippen LogP contribution in [-0.2, 0) is 0 Å². The van der Waals surface area contributed by atoms with Crippen molar-refractivity contribution in [1.29, 1.82) is 0 Å². The number of carboxylic acid groups (broad SMARTS) is 1. The third-order valence-electron chi connectivity index (χ3n) is 2.37.